The van der Waals surface area contributed by atoms with Crippen LogP contribution in [0.2, 0.25) is 10.2 Å². The van der Waals surface area contributed by atoms with Crippen LogP contribution < -0.4 is 5.73 Å². The summed E-state index contributed by atoms with van der Waals surface area (Å²) < 4.78 is 37.4. The van der Waals surface area contributed by atoms with Gasteiger partial charge in [0.05, 0.1) is 5.69 Å². The summed E-state index contributed by atoms with van der Waals surface area (Å²) >= 11 is 11.1. The molecule has 7 heteroatoms. The second kappa shape index (κ2) is 4.55. The first-order chi connectivity index (χ1) is 6.84. The third-order valence-electron chi connectivity index (χ3n) is 1.77. The van der Waals surface area contributed by atoms with Gasteiger partial charge in [0.15, 0.2) is 0 Å². The number of hydrogen-bond donors (Lipinski definition) is 1. The van der Waals surface area contributed by atoms with Gasteiger partial charge in [-0.15, -0.1) is 0 Å². The minimum absolute atomic E-state index is 0.0831. The number of alkyl halides is 3. The molecule has 1 unspecified atom stereocenters. The molecule has 15 heavy (non-hydrogen) atoms. The lowest BCUT2D eigenvalue weighted by atomic mass is 10.0. The maximum Gasteiger partial charge on any atom is 0.398 e. The van der Waals surface area contributed by atoms with Crippen molar-refractivity contribution in [1.29, 1.82) is 0 Å². The quantitative estimate of drug-likeness (QED) is 0.829. The lowest BCUT2D eigenvalue weighted by Crippen LogP contribution is -2.28. The topological polar surface area (TPSA) is 38.9 Å². The van der Waals surface area contributed by atoms with Crippen molar-refractivity contribution in [3.05, 3.63) is 28.0 Å². The summed E-state index contributed by atoms with van der Waals surface area (Å²) in [6, 6.07) is 2.37. The van der Waals surface area contributed by atoms with E-state index < -0.39 is 18.6 Å². The summed E-state index contributed by atoms with van der Waals surface area (Å²) in [6.45, 7) is -0.590. The molecule has 84 valence electrons. The Morgan fingerprint density at radius 3 is 2.33 bits per heavy atom. The average molecular weight is 259 g/mol. The van der Waals surface area contributed by atoms with E-state index in [0.717, 1.165) is 6.07 Å². The van der Waals surface area contributed by atoms with Crippen molar-refractivity contribution in [2.75, 3.05) is 6.54 Å². The molecule has 0 bridgehead atoms. The Hall–Kier alpha value is -0.520. The molecular weight excluding hydrogens is 252 g/mol. The number of nitrogens with zero attached hydrogens (tertiary/aromatic N) is 1. The average Bonchev–Trinajstić information content (AvgIpc) is 1.99. The van der Waals surface area contributed by atoms with Crippen molar-refractivity contribution >= 4 is 23.2 Å². The molecule has 0 radical (unpaired) electrons. The Labute approximate surface area is 94.2 Å². The minimum Gasteiger partial charge on any atom is -0.329 e. The Kier molecular flexibility index (Phi) is 3.81. The number of rotatable bonds is 2. The lowest BCUT2D eigenvalue weighted by molar-refractivity contribution is -0.148. The first-order valence-electron chi connectivity index (χ1n) is 3.94. The fourth-order valence-electron chi connectivity index (χ4n) is 1.09. The fourth-order valence-corrected chi connectivity index (χ4v) is 1.57. The molecule has 0 saturated heterocycles. The van der Waals surface area contributed by atoms with Crippen LogP contribution in [0.5, 0.6) is 0 Å². The molecule has 0 aliphatic heterocycles. The smallest absolute Gasteiger partial charge is 0.329 e. The van der Waals surface area contributed by atoms with E-state index in [1.54, 1.807) is 0 Å². The van der Waals surface area contributed by atoms with Gasteiger partial charge in [-0.2, -0.15) is 13.2 Å². The van der Waals surface area contributed by atoms with Crippen LogP contribution >= 0.6 is 23.2 Å². The standard InChI is InChI=1S/C8H7Cl2F3N2/c9-4-1-6(15-7(10)2-4)5(3-14)8(11,12)13/h1-2,5H,3,14H2. The Bertz CT molecular complexity index is 334. The minimum atomic E-state index is -4.45. The van der Waals surface area contributed by atoms with Crippen LogP contribution in [-0.2, 0) is 0 Å². The number of pyridine rings is 1. The molecule has 0 saturated carbocycles. The summed E-state index contributed by atoms with van der Waals surface area (Å²) in [5, 5.41) is 0.0212. The number of hydrogen-bond acceptors (Lipinski definition) is 2. The zero-order valence-corrected chi connectivity index (χ0v) is 8.87. The summed E-state index contributed by atoms with van der Waals surface area (Å²) in [7, 11) is 0. The molecule has 2 N–H and O–H groups in total. The molecule has 0 aliphatic rings. The van der Waals surface area contributed by atoms with Crippen molar-refractivity contribution in [3.8, 4) is 0 Å². The van der Waals surface area contributed by atoms with E-state index in [-0.39, 0.29) is 15.9 Å². The monoisotopic (exact) mass is 258 g/mol. The predicted molar refractivity (Wildman–Crippen MR) is 52.1 cm³/mol. The summed E-state index contributed by atoms with van der Waals surface area (Å²) in [5.41, 5.74) is 4.78. The predicted octanol–water partition coefficient (Wildman–Crippen LogP) is 2.99. The molecular formula is C8H7Cl2F3N2. The first kappa shape index (κ1) is 12.5. The second-order valence-corrected chi connectivity index (χ2v) is 3.69. The van der Waals surface area contributed by atoms with E-state index in [1.807, 2.05) is 0 Å². The Morgan fingerprint density at radius 2 is 1.93 bits per heavy atom. The fraction of sp³-hybridized carbons (Fsp3) is 0.375. The highest BCUT2D eigenvalue weighted by molar-refractivity contribution is 6.33. The molecule has 0 aliphatic carbocycles. The molecule has 2 nitrogen and oxygen atoms in total. The summed E-state index contributed by atoms with van der Waals surface area (Å²) in [4.78, 5) is 3.55. The van der Waals surface area contributed by atoms with Crippen LogP contribution in [0.1, 0.15) is 11.6 Å². The van der Waals surface area contributed by atoms with Crippen molar-refractivity contribution in [3.63, 3.8) is 0 Å². The van der Waals surface area contributed by atoms with Crippen molar-refractivity contribution in [2.45, 2.75) is 12.1 Å². The van der Waals surface area contributed by atoms with Crippen LogP contribution in [0.4, 0.5) is 13.2 Å². The highest BCUT2D eigenvalue weighted by Crippen LogP contribution is 2.34. The van der Waals surface area contributed by atoms with E-state index in [9.17, 15) is 13.2 Å². The largest absolute Gasteiger partial charge is 0.398 e. The molecule has 0 fully saturated rings. The third kappa shape index (κ3) is 3.22. The van der Waals surface area contributed by atoms with E-state index in [4.69, 9.17) is 28.9 Å². The van der Waals surface area contributed by atoms with Crippen LogP contribution in [0.3, 0.4) is 0 Å². The first-order valence-corrected chi connectivity index (χ1v) is 4.70. The summed E-state index contributed by atoms with van der Waals surface area (Å²) in [6.07, 6.45) is -4.45. The van der Waals surface area contributed by atoms with E-state index >= 15 is 0 Å². The lowest BCUT2D eigenvalue weighted by Gasteiger charge is -2.18. The zero-order chi connectivity index (χ0) is 11.6. The van der Waals surface area contributed by atoms with Crippen molar-refractivity contribution in [1.82, 2.24) is 4.98 Å². The van der Waals surface area contributed by atoms with Gasteiger partial charge in [-0.3, -0.25) is 0 Å². The molecule has 1 aromatic heterocycles. The molecule has 0 amide bonds. The molecule has 1 aromatic rings. The highest BCUT2D eigenvalue weighted by Gasteiger charge is 2.40. The van der Waals surface area contributed by atoms with Gasteiger partial charge in [0, 0.05) is 11.6 Å². The van der Waals surface area contributed by atoms with Gasteiger partial charge in [-0.1, -0.05) is 23.2 Å². The van der Waals surface area contributed by atoms with Gasteiger partial charge in [-0.25, -0.2) is 4.98 Å². The van der Waals surface area contributed by atoms with Crippen LogP contribution in [-0.4, -0.2) is 17.7 Å². The van der Waals surface area contributed by atoms with Crippen LogP contribution in [0, 0.1) is 0 Å². The molecule has 1 heterocycles. The molecule has 1 rings (SSSR count). The highest BCUT2D eigenvalue weighted by atomic mass is 35.5. The van der Waals surface area contributed by atoms with E-state index in [2.05, 4.69) is 4.98 Å². The van der Waals surface area contributed by atoms with Gasteiger partial charge >= 0.3 is 6.18 Å². The van der Waals surface area contributed by atoms with Gasteiger partial charge in [-0.05, 0) is 12.1 Å². The van der Waals surface area contributed by atoms with E-state index in [0.29, 0.717) is 0 Å². The maximum absolute atomic E-state index is 12.5. The second-order valence-electron chi connectivity index (χ2n) is 2.86. The maximum atomic E-state index is 12.5. The summed E-state index contributed by atoms with van der Waals surface area (Å²) in [5.74, 6) is -1.84. The van der Waals surface area contributed by atoms with Crippen molar-refractivity contribution < 1.29 is 13.2 Å². The van der Waals surface area contributed by atoms with E-state index in [1.165, 1.54) is 6.07 Å². The number of aromatic nitrogens is 1. The van der Waals surface area contributed by atoms with Gasteiger partial charge in [0.25, 0.3) is 0 Å². The molecule has 1 atom stereocenters. The van der Waals surface area contributed by atoms with Crippen LogP contribution in [0.25, 0.3) is 0 Å². The van der Waals surface area contributed by atoms with Gasteiger partial charge in [0.2, 0.25) is 0 Å². The molecule has 0 aromatic carbocycles. The Morgan fingerprint density at radius 1 is 1.33 bits per heavy atom. The normalized spacial score (nSPS) is 14.0. The van der Waals surface area contributed by atoms with Gasteiger partial charge < -0.3 is 5.73 Å². The Balaban J connectivity index is 3.13. The number of nitrogens with two attached hydrogens (primary N) is 1. The SMILES string of the molecule is NCC(c1cc(Cl)cc(Cl)n1)C(F)(F)F. The van der Waals surface area contributed by atoms with Crippen LogP contribution in [0.15, 0.2) is 12.1 Å². The number of halogens is 5. The molecule has 0 spiro atoms. The van der Waals surface area contributed by atoms with Gasteiger partial charge in [0.1, 0.15) is 11.1 Å². The third-order valence-corrected chi connectivity index (χ3v) is 2.18. The van der Waals surface area contributed by atoms with Crippen molar-refractivity contribution in [2.24, 2.45) is 5.73 Å². The zero-order valence-electron chi connectivity index (χ0n) is 7.35.